The van der Waals surface area contributed by atoms with Crippen molar-refractivity contribution in [1.29, 1.82) is 0 Å². The molecule has 0 fully saturated rings. The average molecular weight is 380 g/mol. The maximum Gasteiger partial charge on any atom is 0.243 e. The molecule has 4 rings (SSSR count). The lowest BCUT2D eigenvalue weighted by molar-refractivity contribution is -0.124. The zero-order valence-corrected chi connectivity index (χ0v) is 16.6. The molecule has 7 heteroatoms. The van der Waals surface area contributed by atoms with E-state index in [1.807, 2.05) is 35.9 Å². The summed E-state index contributed by atoms with van der Waals surface area (Å²) in [5.74, 6) is 0.952. The van der Waals surface area contributed by atoms with Gasteiger partial charge in [-0.3, -0.25) is 9.48 Å². The third kappa shape index (κ3) is 3.67. The first kappa shape index (κ1) is 18.7. The molecule has 1 atom stereocenters. The average Bonchev–Trinajstić information content (AvgIpc) is 3.19. The molecule has 0 bridgehead atoms. The maximum atomic E-state index is 12.9. The highest BCUT2D eigenvalue weighted by molar-refractivity contribution is 5.84. The van der Waals surface area contributed by atoms with Crippen LogP contribution >= 0.6 is 0 Å². The molecular weight excluding hydrogens is 352 g/mol. The van der Waals surface area contributed by atoms with Crippen molar-refractivity contribution < 1.29 is 4.79 Å². The molecule has 1 aliphatic heterocycles. The summed E-state index contributed by atoms with van der Waals surface area (Å²) in [6, 6.07) is 9.77. The molecular formula is C21H28N6O. The van der Waals surface area contributed by atoms with Crippen LogP contribution in [0.5, 0.6) is 0 Å². The number of rotatable bonds is 6. The Morgan fingerprint density at radius 1 is 1.36 bits per heavy atom. The van der Waals surface area contributed by atoms with Gasteiger partial charge in [0.2, 0.25) is 5.91 Å². The van der Waals surface area contributed by atoms with Crippen molar-refractivity contribution in [3.05, 3.63) is 47.5 Å². The summed E-state index contributed by atoms with van der Waals surface area (Å²) < 4.78 is 4.12. The zero-order chi connectivity index (χ0) is 19.5. The van der Waals surface area contributed by atoms with E-state index >= 15 is 0 Å². The zero-order valence-electron chi connectivity index (χ0n) is 16.6. The quantitative estimate of drug-likeness (QED) is 0.689. The number of hydrogen-bond donors (Lipinski definition) is 2. The minimum atomic E-state index is -0.323. The van der Waals surface area contributed by atoms with Crippen LogP contribution in [0.2, 0.25) is 0 Å². The van der Waals surface area contributed by atoms with Crippen LogP contribution in [0.1, 0.15) is 49.9 Å². The van der Waals surface area contributed by atoms with Gasteiger partial charge in [-0.1, -0.05) is 19.1 Å². The van der Waals surface area contributed by atoms with E-state index in [2.05, 4.69) is 33.3 Å². The van der Waals surface area contributed by atoms with Gasteiger partial charge >= 0.3 is 0 Å². The molecule has 2 aromatic heterocycles. The first-order chi connectivity index (χ1) is 13.7. The Morgan fingerprint density at radius 2 is 2.21 bits per heavy atom. The third-order valence-corrected chi connectivity index (χ3v) is 5.30. The van der Waals surface area contributed by atoms with Crippen LogP contribution in [-0.2, 0) is 30.8 Å². The minimum Gasteiger partial charge on any atom is -0.349 e. The second-order valence-corrected chi connectivity index (χ2v) is 7.41. The van der Waals surface area contributed by atoms with Gasteiger partial charge in [-0.15, -0.1) is 0 Å². The monoisotopic (exact) mass is 380 g/mol. The Kier molecular flexibility index (Phi) is 5.43. The Bertz CT molecular complexity index is 949. The molecule has 1 aliphatic rings. The topological polar surface area (TPSA) is 76.8 Å². The highest BCUT2D eigenvalue weighted by atomic mass is 16.2. The van der Waals surface area contributed by atoms with Crippen molar-refractivity contribution in [2.75, 3.05) is 6.54 Å². The molecule has 0 spiro atoms. The maximum absolute atomic E-state index is 12.9. The van der Waals surface area contributed by atoms with Crippen LogP contribution in [0.15, 0.2) is 30.3 Å². The lowest BCUT2D eigenvalue weighted by Crippen LogP contribution is -2.31. The number of imidazole rings is 1. The molecule has 7 nitrogen and oxygen atoms in total. The number of nitrogens with one attached hydrogen (secondary N) is 2. The minimum absolute atomic E-state index is 0.0122. The number of para-hydroxylation sites is 2. The number of carbonyl (C=O) groups excluding carboxylic acids is 1. The smallest absolute Gasteiger partial charge is 0.243 e. The van der Waals surface area contributed by atoms with Crippen molar-refractivity contribution in [3.8, 4) is 0 Å². The van der Waals surface area contributed by atoms with E-state index in [0.717, 1.165) is 61.4 Å². The number of hydrogen-bond acceptors (Lipinski definition) is 4. The summed E-state index contributed by atoms with van der Waals surface area (Å²) in [5.41, 5.74) is 4.04. The van der Waals surface area contributed by atoms with Crippen molar-refractivity contribution in [2.24, 2.45) is 0 Å². The van der Waals surface area contributed by atoms with Gasteiger partial charge in [0.25, 0.3) is 0 Å². The number of benzene rings is 1. The fraction of sp³-hybridized carbons (Fsp3) is 0.476. The van der Waals surface area contributed by atoms with Gasteiger partial charge < -0.3 is 15.2 Å². The van der Waals surface area contributed by atoms with Crippen molar-refractivity contribution >= 4 is 16.9 Å². The molecule has 28 heavy (non-hydrogen) atoms. The fourth-order valence-electron chi connectivity index (χ4n) is 3.88. The van der Waals surface area contributed by atoms with E-state index < -0.39 is 0 Å². The van der Waals surface area contributed by atoms with Gasteiger partial charge in [0.1, 0.15) is 11.9 Å². The second kappa shape index (κ2) is 8.14. The lowest BCUT2D eigenvalue weighted by Gasteiger charge is -2.17. The van der Waals surface area contributed by atoms with Crippen LogP contribution in [0, 0.1) is 0 Å². The number of fused-ring (bicyclic) bond motifs is 2. The molecule has 1 aromatic carbocycles. The summed E-state index contributed by atoms with van der Waals surface area (Å²) in [6.07, 6.45) is 2.92. The van der Waals surface area contributed by atoms with Gasteiger partial charge in [-0.2, -0.15) is 5.10 Å². The lowest BCUT2D eigenvalue weighted by atomic mass is 10.2. The predicted molar refractivity (Wildman–Crippen MR) is 109 cm³/mol. The highest BCUT2D eigenvalue weighted by Crippen LogP contribution is 2.22. The van der Waals surface area contributed by atoms with Gasteiger partial charge in [0.05, 0.1) is 29.0 Å². The molecule has 148 valence electrons. The molecule has 0 unspecified atom stereocenters. The number of nitrogens with zero attached hydrogens (tertiary/aromatic N) is 4. The van der Waals surface area contributed by atoms with Gasteiger partial charge in [0, 0.05) is 19.5 Å². The SMILES string of the molecule is CCCc1nc2ccccc2n1[C@H](C)C(=O)NCc1cc2n(n1)CCCNC2. The summed E-state index contributed by atoms with van der Waals surface area (Å²) in [7, 11) is 0. The van der Waals surface area contributed by atoms with Crippen LogP contribution < -0.4 is 10.6 Å². The predicted octanol–water partition coefficient (Wildman–Crippen LogP) is 2.56. The largest absolute Gasteiger partial charge is 0.349 e. The van der Waals surface area contributed by atoms with Crippen molar-refractivity contribution in [3.63, 3.8) is 0 Å². The van der Waals surface area contributed by atoms with Crippen molar-refractivity contribution in [1.82, 2.24) is 30.0 Å². The number of aryl methyl sites for hydroxylation is 2. The summed E-state index contributed by atoms with van der Waals surface area (Å²) in [5, 5.41) is 11.1. The van der Waals surface area contributed by atoms with E-state index in [1.165, 1.54) is 5.69 Å². The van der Waals surface area contributed by atoms with Gasteiger partial charge in [-0.05, 0) is 44.5 Å². The Morgan fingerprint density at radius 3 is 3.07 bits per heavy atom. The summed E-state index contributed by atoms with van der Waals surface area (Å²) >= 11 is 0. The molecule has 1 amide bonds. The Hall–Kier alpha value is -2.67. The molecule has 0 radical (unpaired) electrons. The number of aromatic nitrogens is 4. The van der Waals surface area contributed by atoms with E-state index in [0.29, 0.717) is 6.54 Å². The van der Waals surface area contributed by atoms with E-state index in [9.17, 15) is 4.79 Å². The summed E-state index contributed by atoms with van der Waals surface area (Å²) in [4.78, 5) is 17.6. The molecule has 0 saturated heterocycles. The van der Waals surface area contributed by atoms with E-state index in [4.69, 9.17) is 4.98 Å². The standard InChI is InChI=1S/C21H28N6O/c1-3-7-20-24-18-8-4-5-9-19(18)27(20)15(2)21(28)23-13-16-12-17-14-22-10-6-11-26(17)25-16/h4-5,8-9,12,15,22H,3,6-7,10-11,13-14H2,1-2H3,(H,23,28)/t15-/m1/s1. The molecule has 0 aliphatic carbocycles. The second-order valence-electron chi connectivity index (χ2n) is 7.41. The van der Waals surface area contributed by atoms with Crippen LogP contribution in [-0.4, -0.2) is 31.8 Å². The third-order valence-electron chi connectivity index (χ3n) is 5.30. The van der Waals surface area contributed by atoms with Crippen molar-refractivity contribution in [2.45, 2.75) is 58.8 Å². The number of carbonyl (C=O) groups is 1. The first-order valence-corrected chi connectivity index (χ1v) is 10.2. The highest BCUT2D eigenvalue weighted by Gasteiger charge is 2.21. The van der Waals surface area contributed by atoms with Crippen LogP contribution in [0.4, 0.5) is 0 Å². The normalized spacial score (nSPS) is 15.2. The van der Waals surface area contributed by atoms with E-state index in [1.54, 1.807) is 0 Å². The number of amides is 1. The molecule has 2 N–H and O–H groups in total. The molecule has 3 aromatic rings. The van der Waals surface area contributed by atoms with Crippen LogP contribution in [0.25, 0.3) is 11.0 Å². The fourth-order valence-corrected chi connectivity index (χ4v) is 3.88. The van der Waals surface area contributed by atoms with Gasteiger partial charge in [-0.25, -0.2) is 4.98 Å². The summed E-state index contributed by atoms with van der Waals surface area (Å²) in [6.45, 7) is 7.29. The Balaban J connectivity index is 1.49. The van der Waals surface area contributed by atoms with E-state index in [-0.39, 0.29) is 11.9 Å². The first-order valence-electron chi connectivity index (χ1n) is 10.2. The van der Waals surface area contributed by atoms with Crippen LogP contribution in [0.3, 0.4) is 0 Å². The Labute approximate surface area is 165 Å². The molecule has 3 heterocycles. The molecule has 0 saturated carbocycles. The van der Waals surface area contributed by atoms with Gasteiger partial charge in [0.15, 0.2) is 0 Å².